The highest BCUT2D eigenvalue weighted by Gasteiger charge is 2.24. The lowest BCUT2D eigenvalue weighted by Crippen LogP contribution is -2.42. The molecule has 0 bridgehead atoms. The van der Waals surface area contributed by atoms with E-state index >= 15 is 0 Å². The maximum absolute atomic E-state index is 5.19. The molecule has 0 aromatic heterocycles. The van der Waals surface area contributed by atoms with Crippen LogP contribution >= 0.6 is 0 Å². The Morgan fingerprint density at radius 1 is 1.12 bits per heavy atom. The molecular formula is C15H23NO. The van der Waals surface area contributed by atoms with E-state index in [4.69, 9.17) is 4.74 Å². The van der Waals surface area contributed by atoms with Crippen molar-refractivity contribution in [2.24, 2.45) is 0 Å². The monoisotopic (exact) mass is 233 g/mol. The van der Waals surface area contributed by atoms with Gasteiger partial charge in [0.25, 0.3) is 0 Å². The number of methoxy groups -OCH3 is 1. The van der Waals surface area contributed by atoms with Gasteiger partial charge in [0.05, 0.1) is 7.11 Å². The van der Waals surface area contributed by atoms with Crippen molar-refractivity contribution in [2.75, 3.05) is 7.11 Å². The molecule has 94 valence electrons. The van der Waals surface area contributed by atoms with Gasteiger partial charge in [-0.15, -0.1) is 0 Å². The Hall–Kier alpha value is -1.02. The van der Waals surface area contributed by atoms with Crippen molar-refractivity contribution < 1.29 is 4.74 Å². The van der Waals surface area contributed by atoms with Gasteiger partial charge in [0.2, 0.25) is 0 Å². The SMILES string of the molecule is COc1ccc(CN2C(C)CCCC2C)cc1. The van der Waals surface area contributed by atoms with Crippen molar-refractivity contribution in [3.05, 3.63) is 29.8 Å². The Bertz CT molecular complexity index is 336. The third-order valence-electron chi connectivity index (χ3n) is 3.90. The summed E-state index contributed by atoms with van der Waals surface area (Å²) >= 11 is 0. The molecule has 1 aromatic rings. The zero-order valence-corrected chi connectivity index (χ0v) is 11.1. The fourth-order valence-corrected chi connectivity index (χ4v) is 2.73. The lowest BCUT2D eigenvalue weighted by Gasteiger charge is -2.39. The van der Waals surface area contributed by atoms with Crippen LogP contribution in [0.1, 0.15) is 38.7 Å². The molecule has 2 nitrogen and oxygen atoms in total. The minimum Gasteiger partial charge on any atom is -0.497 e. The van der Waals surface area contributed by atoms with E-state index in [0.29, 0.717) is 12.1 Å². The zero-order chi connectivity index (χ0) is 12.3. The van der Waals surface area contributed by atoms with Gasteiger partial charge in [0.15, 0.2) is 0 Å². The second-order valence-corrected chi connectivity index (χ2v) is 5.15. The van der Waals surface area contributed by atoms with Gasteiger partial charge in [0, 0.05) is 18.6 Å². The molecule has 2 atom stereocenters. The predicted octanol–water partition coefficient (Wildman–Crippen LogP) is 3.46. The van der Waals surface area contributed by atoms with Gasteiger partial charge in [-0.3, -0.25) is 4.90 Å². The number of piperidine rings is 1. The molecule has 0 spiro atoms. The topological polar surface area (TPSA) is 12.5 Å². The first-order valence-corrected chi connectivity index (χ1v) is 6.59. The van der Waals surface area contributed by atoms with E-state index in [-0.39, 0.29) is 0 Å². The van der Waals surface area contributed by atoms with Gasteiger partial charge in [-0.25, -0.2) is 0 Å². The van der Waals surface area contributed by atoms with Crippen LogP contribution in [0.2, 0.25) is 0 Å². The van der Waals surface area contributed by atoms with Gasteiger partial charge in [-0.2, -0.15) is 0 Å². The van der Waals surface area contributed by atoms with E-state index in [1.165, 1.54) is 24.8 Å². The molecule has 1 heterocycles. The molecule has 1 fully saturated rings. The Morgan fingerprint density at radius 3 is 2.24 bits per heavy atom. The molecule has 0 saturated carbocycles. The zero-order valence-electron chi connectivity index (χ0n) is 11.1. The fourth-order valence-electron chi connectivity index (χ4n) is 2.73. The molecule has 2 heteroatoms. The minimum absolute atomic E-state index is 0.709. The van der Waals surface area contributed by atoms with Crippen LogP contribution in [0.3, 0.4) is 0 Å². The quantitative estimate of drug-likeness (QED) is 0.792. The molecule has 2 unspecified atom stereocenters. The molecule has 1 aliphatic rings. The van der Waals surface area contributed by atoms with Crippen LogP contribution in [0.5, 0.6) is 5.75 Å². The molecule has 0 aliphatic carbocycles. The van der Waals surface area contributed by atoms with Crippen molar-refractivity contribution in [1.29, 1.82) is 0 Å². The number of nitrogens with zero attached hydrogens (tertiary/aromatic N) is 1. The highest BCUT2D eigenvalue weighted by Crippen LogP contribution is 2.25. The third-order valence-corrected chi connectivity index (χ3v) is 3.90. The highest BCUT2D eigenvalue weighted by atomic mass is 16.5. The van der Waals surface area contributed by atoms with E-state index < -0.39 is 0 Å². The van der Waals surface area contributed by atoms with E-state index in [0.717, 1.165) is 12.3 Å². The first-order valence-electron chi connectivity index (χ1n) is 6.59. The smallest absolute Gasteiger partial charge is 0.118 e. The molecule has 1 aliphatic heterocycles. The van der Waals surface area contributed by atoms with Gasteiger partial charge in [-0.1, -0.05) is 18.6 Å². The van der Waals surface area contributed by atoms with E-state index in [1.807, 2.05) is 0 Å². The number of rotatable bonds is 3. The molecule has 0 radical (unpaired) electrons. The molecule has 0 amide bonds. The van der Waals surface area contributed by atoms with Crippen LogP contribution in [-0.2, 0) is 6.54 Å². The average Bonchev–Trinajstić information content (AvgIpc) is 2.35. The Kier molecular flexibility index (Phi) is 4.06. The number of ether oxygens (including phenoxy) is 1. The van der Waals surface area contributed by atoms with E-state index in [9.17, 15) is 0 Å². The highest BCUT2D eigenvalue weighted by molar-refractivity contribution is 5.27. The minimum atomic E-state index is 0.709. The average molecular weight is 233 g/mol. The normalized spacial score (nSPS) is 25.8. The number of hydrogen-bond donors (Lipinski definition) is 0. The van der Waals surface area contributed by atoms with Gasteiger partial charge in [-0.05, 0) is 44.4 Å². The van der Waals surface area contributed by atoms with Crippen molar-refractivity contribution in [1.82, 2.24) is 4.90 Å². The summed E-state index contributed by atoms with van der Waals surface area (Å²) in [7, 11) is 1.71. The van der Waals surface area contributed by atoms with Gasteiger partial charge in [0.1, 0.15) is 5.75 Å². The lowest BCUT2D eigenvalue weighted by atomic mass is 9.97. The Labute approximate surface area is 105 Å². The summed E-state index contributed by atoms with van der Waals surface area (Å²) < 4.78 is 5.19. The number of benzene rings is 1. The van der Waals surface area contributed by atoms with Crippen LogP contribution in [-0.4, -0.2) is 24.1 Å². The van der Waals surface area contributed by atoms with Crippen molar-refractivity contribution in [3.63, 3.8) is 0 Å². The summed E-state index contributed by atoms with van der Waals surface area (Å²) in [4.78, 5) is 2.62. The van der Waals surface area contributed by atoms with Crippen LogP contribution in [0.4, 0.5) is 0 Å². The molecule has 0 N–H and O–H groups in total. The summed E-state index contributed by atoms with van der Waals surface area (Å²) in [6.45, 7) is 5.75. The molecule has 17 heavy (non-hydrogen) atoms. The summed E-state index contributed by atoms with van der Waals surface area (Å²) in [6.07, 6.45) is 4.04. The van der Waals surface area contributed by atoms with Crippen molar-refractivity contribution >= 4 is 0 Å². The first-order chi connectivity index (χ1) is 8.20. The molecule has 1 aromatic carbocycles. The van der Waals surface area contributed by atoms with Crippen LogP contribution in [0.15, 0.2) is 24.3 Å². The molecule has 1 saturated heterocycles. The molecular weight excluding hydrogens is 210 g/mol. The van der Waals surface area contributed by atoms with E-state index in [2.05, 4.69) is 43.0 Å². The maximum Gasteiger partial charge on any atom is 0.118 e. The number of likely N-dealkylation sites (tertiary alicyclic amines) is 1. The van der Waals surface area contributed by atoms with Gasteiger partial charge >= 0.3 is 0 Å². The summed E-state index contributed by atoms with van der Waals surface area (Å²) in [5.41, 5.74) is 1.38. The predicted molar refractivity (Wildman–Crippen MR) is 71.3 cm³/mol. The summed E-state index contributed by atoms with van der Waals surface area (Å²) in [5.74, 6) is 0.938. The lowest BCUT2D eigenvalue weighted by molar-refractivity contribution is 0.0953. The number of hydrogen-bond acceptors (Lipinski definition) is 2. The first kappa shape index (κ1) is 12.4. The standard InChI is InChI=1S/C15H23NO/c1-12-5-4-6-13(2)16(12)11-14-7-9-15(17-3)10-8-14/h7-10,12-13H,4-6,11H2,1-3H3. The van der Waals surface area contributed by atoms with Crippen LogP contribution in [0, 0.1) is 0 Å². The van der Waals surface area contributed by atoms with Crippen LogP contribution in [0.25, 0.3) is 0 Å². The fraction of sp³-hybridized carbons (Fsp3) is 0.600. The van der Waals surface area contributed by atoms with E-state index in [1.54, 1.807) is 7.11 Å². The summed E-state index contributed by atoms with van der Waals surface area (Å²) in [6, 6.07) is 9.87. The molecule has 2 rings (SSSR count). The second-order valence-electron chi connectivity index (χ2n) is 5.15. The summed E-state index contributed by atoms with van der Waals surface area (Å²) in [5, 5.41) is 0. The Balaban J connectivity index is 2.03. The van der Waals surface area contributed by atoms with Crippen molar-refractivity contribution in [2.45, 2.75) is 51.7 Å². The largest absolute Gasteiger partial charge is 0.497 e. The van der Waals surface area contributed by atoms with Crippen molar-refractivity contribution in [3.8, 4) is 5.75 Å². The maximum atomic E-state index is 5.19. The Morgan fingerprint density at radius 2 is 1.71 bits per heavy atom. The third kappa shape index (κ3) is 3.01. The van der Waals surface area contributed by atoms with Crippen LogP contribution < -0.4 is 4.74 Å². The van der Waals surface area contributed by atoms with Gasteiger partial charge < -0.3 is 4.74 Å². The second kappa shape index (κ2) is 5.54.